The Morgan fingerprint density at radius 1 is 0.378 bits per heavy atom. The van der Waals surface area contributed by atoms with Crippen LogP contribution < -0.4 is 65.4 Å². The van der Waals surface area contributed by atoms with Crippen molar-refractivity contribution in [2.75, 3.05) is 76.2 Å². The zero-order valence-electron chi connectivity index (χ0n) is 77.8. The number of nitrogens with two attached hydrogens (primary N) is 1. The van der Waals surface area contributed by atoms with Crippen molar-refractivity contribution < 1.29 is 165 Å². The molecule has 0 radical (unpaired) electrons. The number of hydrogen-bond donors (Lipinski definition) is 13. The smallest absolute Gasteiger partial charge is 0.416 e. The maximum Gasteiger partial charge on any atom is 0.416 e. The summed E-state index contributed by atoms with van der Waals surface area (Å²) < 4.78 is 360. The van der Waals surface area contributed by atoms with Crippen molar-refractivity contribution >= 4 is 134 Å². The molecule has 6 amide bonds. The molecule has 1 fully saturated rings. The molecule has 0 spiro atoms. The monoisotopic (exact) mass is 2150 g/mol. The molecule has 1 saturated heterocycles. The van der Waals surface area contributed by atoms with Gasteiger partial charge in [0.2, 0.25) is 0 Å². The first-order valence-electron chi connectivity index (χ1n) is 43.0. The summed E-state index contributed by atoms with van der Waals surface area (Å²) in [5.41, 5.74) is -8.33. The molecule has 4 heterocycles. The number of nitrogens with zero attached hydrogens (tertiary/aromatic N) is 2. The lowest BCUT2D eigenvalue weighted by molar-refractivity contribution is -0.144. The van der Waals surface area contributed by atoms with Gasteiger partial charge in [0.25, 0.3) is 45.7 Å². The molecular weight excluding hydrogens is 2070 g/mol. The van der Waals surface area contributed by atoms with Gasteiger partial charge >= 0.3 is 57.5 Å². The number of ether oxygens (including phenoxy) is 4. The summed E-state index contributed by atoms with van der Waals surface area (Å²) in [5.74, 6) is -8.31. The van der Waals surface area contributed by atoms with Gasteiger partial charge in [0, 0.05) is 93.8 Å². The molecule has 9 aromatic carbocycles. The van der Waals surface area contributed by atoms with Crippen LogP contribution in [0.2, 0.25) is 0 Å². The zero-order chi connectivity index (χ0) is 109. The highest BCUT2D eigenvalue weighted by Crippen LogP contribution is 2.44. The average Bonchev–Trinajstić information content (AvgIpc) is 1.67. The minimum Gasteiger partial charge on any atom is -0.490 e. The number of carbonyl (C=O) groups excluding carboxylic acids is 6. The molecule has 3 unspecified atom stereocenters. The van der Waals surface area contributed by atoms with Gasteiger partial charge in [-0.05, 0) is 239 Å². The molecule has 13 rings (SSSR count). The number of halogens is 18. The maximum atomic E-state index is 13.7. The third kappa shape index (κ3) is 28.5. The SMILES string of the molecule is CCOc1cc(C(Nc2ccc(C(=N)NC(=O)c3cc(C(F)(F)F)cc(C(F)(F)F)c3)cc2)C(=O)NS(=O)(=O)N(C)C)cc2c(C)coc12.CCOc1cc(C(Nc2ccc(C(=N)NC(=O)c3cc(C(F)(F)F)cc(C(F)(F)F)c3)cc2)C(=O)NS(=O)(=O)N2CCOCC2)cc2c(C)coc12.CCOc1cc(C(Nc2ccc(C(=N)NC(=O)c3cc(C(F)(F)F)cc(C(F)(F)F)c3)cc2)C(=O)NS(N)(=O)=O)cc2c(C)coc12. The Hall–Kier alpha value is -15.3. The fraction of sp³-hybridized carbons (Fsp3) is 0.258. The summed E-state index contributed by atoms with van der Waals surface area (Å²) >= 11 is 0. The first kappa shape index (κ1) is 113. The van der Waals surface area contributed by atoms with E-state index < -0.39 is 189 Å². The first-order chi connectivity index (χ1) is 68.8. The number of rotatable bonds is 29. The number of fused-ring (bicyclic) bond motifs is 3. The van der Waals surface area contributed by atoms with Crippen molar-refractivity contribution in [3.8, 4) is 17.2 Å². The van der Waals surface area contributed by atoms with Gasteiger partial charge in [-0.1, -0.05) is 0 Å². The zero-order valence-corrected chi connectivity index (χ0v) is 80.2. The Morgan fingerprint density at radius 3 is 0.865 bits per heavy atom. The number of amidine groups is 3. The average molecular weight is 2150 g/mol. The van der Waals surface area contributed by atoms with E-state index in [1.54, 1.807) is 64.5 Å². The van der Waals surface area contributed by atoms with Crippen LogP contribution >= 0.6 is 0 Å². The molecule has 3 atom stereocenters. The number of amides is 6. The summed E-state index contributed by atoms with van der Waals surface area (Å²) in [6.07, 6.45) is -26.6. The Labute approximate surface area is 827 Å². The van der Waals surface area contributed by atoms with Gasteiger partial charge in [-0.2, -0.15) is 113 Å². The Balaban J connectivity index is 0.000000211. The van der Waals surface area contributed by atoms with E-state index in [-0.39, 0.29) is 151 Å². The van der Waals surface area contributed by atoms with Crippen LogP contribution in [0.15, 0.2) is 196 Å². The third-order valence-corrected chi connectivity index (χ3v) is 24.9. The van der Waals surface area contributed by atoms with Crippen LogP contribution in [0.1, 0.15) is 153 Å². The summed E-state index contributed by atoms with van der Waals surface area (Å²) in [7, 11) is -10.6. The normalized spacial score (nSPS) is 13.5. The quantitative estimate of drug-likeness (QED) is 0.0118. The number of furan rings is 3. The second kappa shape index (κ2) is 44.9. The lowest BCUT2D eigenvalue weighted by atomic mass is 10.0. The third-order valence-electron chi connectivity index (χ3n) is 21.5. The van der Waals surface area contributed by atoms with E-state index >= 15 is 0 Å². The molecule has 0 saturated carbocycles. The molecule has 1 aliphatic heterocycles. The van der Waals surface area contributed by atoms with Crippen LogP contribution in [0.5, 0.6) is 17.2 Å². The molecular formula is C93H85F18N15O19S3. The van der Waals surface area contributed by atoms with Crippen LogP contribution in [0.25, 0.3) is 32.9 Å². The lowest BCUT2D eigenvalue weighted by Gasteiger charge is -2.27. The van der Waals surface area contributed by atoms with E-state index in [0.29, 0.717) is 66.7 Å². The fourth-order valence-corrected chi connectivity index (χ4v) is 16.3. The Kier molecular flexibility index (Phi) is 34.3. The minimum absolute atomic E-state index is 0.00724. The second-order valence-corrected chi connectivity index (χ2v) is 37.2. The van der Waals surface area contributed by atoms with Gasteiger partial charge in [-0.25, -0.2) is 19.3 Å². The number of benzene rings is 9. The predicted octanol–water partition coefficient (Wildman–Crippen LogP) is 17.2. The summed E-state index contributed by atoms with van der Waals surface area (Å²) in [4.78, 5) is 78.2. The second-order valence-electron chi connectivity index (χ2n) is 32.3. The van der Waals surface area contributed by atoms with Gasteiger partial charge in [0.15, 0.2) is 34.0 Å². The van der Waals surface area contributed by atoms with Crippen molar-refractivity contribution in [2.24, 2.45) is 5.14 Å². The van der Waals surface area contributed by atoms with E-state index in [9.17, 15) is 133 Å². The number of hydrogen-bond acceptors (Lipinski definition) is 25. The minimum atomic E-state index is -5.18. The topological polar surface area (TPSA) is 493 Å². The molecule has 0 aliphatic carbocycles. The van der Waals surface area contributed by atoms with Crippen molar-refractivity contribution in [3.63, 3.8) is 0 Å². The van der Waals surface area contributed by atoms with Crippen molar-refractivity contribution in [2.45, 2.75) is 96.7 Å². The summed E-state index contributed by atoms with van der Waals surface area (Å²) in [6, 6.07) is 22.0. The molecule has 3 aromatic heterocycles. The fourth-order valence-electron chi connectivity index (χ4n) is 14.2. The number of alkyl halides is 18. The molecule has 12 aromatic rings. The van der Waals surface area contributed by atoms with Gasteiger partial charge in [0.05, 0.1) is 85.2 Å². The highest BCUT2D eigenvalue weighted by molar-refractivity contribution is 7.88. The molecule has 790 valence electrons. The van der Waals surface area contributed by atoms with E-state index in [2.05, 4.69) is 20.7 Å². The van der Waals surface area contributed by atoms with Crippen LogP contribution in [-0.2, 0) is 86.8 Å². The van der Waals surface area contributed by atoms with E-state index in [1.807, 2.05) is 20.7 Å². The standard InChI is InChI=1S/C33H31F6N5O7S.C31H29F6N5O6S.C29H25F6N5O6S/c1-3-50-26-15-20(14-25-18(2)17-51-28(25)26)27(31(46)43-52(47,48)44-8-10-49-11-9-44)41-24-6-4-19(5-7-24)29(40)42-30(45)21-12-22(32(34,35)36)16-23(13-21)33(37,38)39;1-5-47-24-13-18(12-23-16(2)15-48-26(23)24)25(29(44)41-49(45,46)42(3)4)39-22-8-6-17(7-9-22)27(38)40-28(43)19-10-20(30(32,33)34)14-21(11-19)31(35,36)37;1-3-45-22-11-16(10-21-14(2)13-46-24(21)22)23(27(42)40-47(37,43)44)38-20-6-4-15(5-7-20)25(36)39-26(41)17-8-18(28(30,31)32)12-19(9-17)29(33,34)35/h4-7,12-17,27,41H,3,8-11H2,1-2H3,(H,43,46)(H2,40,42,45);6-15,25,39H,5H2,1-4H3,(H,41,44)(H2,38,40,43);4-13,23,38H,3H2,1-2H3,(H,40,42)(H2,36,39,41)(H2,37,43,44). The largest absolute Gasteiger partial charge is 0.490 e. The van der Waals surface area contributed by atoms with E-state index in [4.69, 9.17) is 53.6 Å². The van der Waals surface area contributed by atoms with Gasteiger partial charge in [0.1, 0.15) is 35.6 Å². The number of morpholine rings is 1. The summed E-state index contributed by atoms with van der Waals surface area (Å²) in [6.45, 7) is 11.5. The number of anilines is 3. The number of carbonyl (C=O) groups is 6. The van der Waals surface area contributed by atoms with Crippen molar-refractivity contribution in [1.29, 1.82) is 16.2 Å². The Bertz CT molecular complexity index is 7340. The molecule has 0 bridgehead atoms. The van der Waals surface area contributed by atoms with Gasteiger partial charge in [-0.15, -0.1) is 0 Å². The molecule has 34 nitrogen and oxygen atoms in total. The lowest BCUT2D eigenvalue weighted by Crippen LogP contribution is -2.50. The first-order valence-corrected chi connectivity index (χ1v) is 47.4. The Morgan fingerprint density at radius 2 is 0.628 bits per heavy atom. The van der Waals surface area contributed by atoms with E-state index in [0.717, 1.165) is 8.61 Å². The maximum absolute atomic E-state index is 13.7. The van der Waals surface area contributed by atoms with Gasteiger partial charge < -0.3 is 64.1 Å². The predicted molar refractivity (Wildman–Crippen MR) is 498 cm³/mol. The van der Waals surface area contributed by atoms with Gasteiger partial charge in [-0.3, -0.25) is 45.0 Å². The van der Waals surface area contributed by atoms with Crippen LogP contribution in [0, 0.1) is 37.0 Å². The molecule has 55 heteroatoms. The van der Waals surface area contributed by atoms with Crippen LogP contribution in [0.3, 0.4) is 0 Å². The summed E-state index contributed by atoms with van der Waals surface area (Å²) in [5, 5.41) is 46.1. The molecule has 1 aliphatic rings. The number of aryl methyl sites for hydroxylation is 3. The molecule has 148 heavy (non-hydrogen) atoms. The van der Waals surface area contributed by atoms with Crippen LogP contribution in [0.4, 0.5) is 96.1 Å². The van der Waals surface area contributed by atoms with Crippen molar-refractivity contribution in [1.82, 2.24) is 38.7 Å². The number of nitrogens with one attached hydrogen (secondary N) is 12. The highest BCUT2D eigenvalue weighted by atomic mass is 32.2. The van der Waals surface area contributed by atoms with E-state index in [1.165, 1.54) is 124 Å². The van der Waals surface area contributed by atoms with Crippen LogP contribution in [-0.4, -0.2) is 147 Å². The van der Waals surface area contributed by atoms with Crippen molar-refractivity contribution in [3.05, 3.63) is 283 Å². The highest BCUT2D eigenvalue weighted by Gasteiger charge is 2.43. The molecule has 14 N–H and O–H groups in total.